The van der Waals surface area contributed by atoms with Gasteiger partial charge >= 0.3 is 6.09 Å². The van der Waals surface area contributed by atoms with Gasteiger partial charge in [-0.3, -0.25) is 0 Å². The summed E-state index contributed by atoms with van der Waals surface area (Å²) < 4.78 is 5.42. The fraction of sp³-hybridized carbons (Fsp3) is 0.571. The van der Waals surface area contributed by atoms with Crippen LogP contribution in [-0.2, 0) is 4.74 Å². The summed E-state index contributed by atoms with van der Waals surface area (Å²) in [5, 5.41) is 1.30. The lowest BCUT2D eigenvalue weighted by molar-refractivity contribution is 0.0545. The fourth-order valence-electron chi connectivity index (χ4n) is 5.34. The minimum Gasteiger partial charge on any atom is -0.450 e. The van der Waals surface area contributed by atoms with Crippen LogP contribution in [0.4, 0.5) is 4.79 Å². The Kier molecular flexibility index (Phi) is 4.22. The molecule has 2 saturated carbocycles. The number of fused-ring (bicyclic) bond motifs is 3. The zero-order chi connectivity index (χ0) is 17.6. The van der Waals surface area contributed by atoms with Crippen molar-refractivity contribution in [2.45, 2.75) is 58.0 Å². The number of carbonyl (C=O) groups excluding carboxylic acids is 1. The first kappa shape index (κ1) is 16.5. The van der Waals surface area contributed by atoms with Crippen molar-refractivity contribution in [3.63, 3.8) is 0 Å². The van der Waals surface area contributed by atoms with Crippen LogP contribution in [0.3, 0.4) is 0 Å². The Morgan fingerprint density at radius 1 is 1.28 bits per heavy atom. The summed E-state index contributed by atoms with van der Waals surface area (Å²) in [6.07, 6.45) is 5.76. The van der Waals surface area contributed by atoms with Gasteiger partial charge in [-0.2, -0.15) is 0 Å². The number of carbonyl (C=O) groups is 1. The average Bonchev–Trinajstić information content (AvgIpc) is 3.29. The number of ether oxygens (including phenoxy) is 1. The third kappa shape index (κ3) is 2.62. The number of nitrogens with zero attached hydrogens (tertiary/aromatic N) is 1. The van der Waals surface area contributed by atoms with Crippen LogP contribution in [0, 0.1) is 11.8 Å². The number of benzene rings is 1. The molecule has 1 aromatic carbocycles. The first-order valence-electron chi connectivity index (χ1n) is 9.63. The minimum atomic E-state index is -0.153. The number of aromatic nitrogens is 1. The Balaban J connectivity index is 1.76. The second-order valence-electron chi connectivity index (χ2n) is 7.84. The molecule has 2 fully saturated rings. The molecule has 2 bridgehead atoms. The molecule has 25 heavy (non-hydrogen) atoms. The molecule has 1 N–H and O–H groups in total. The minimum absolute atomic E-state index is 0.149. The van der Waals surface area contributed by atoms with Gasteiger partial charge in [0.1, 0.15) is 0 Å². The van der Waals surface area contributed by atoms with Crippen LogP contribution >= 0.6 is 0 Å². The normalized spacial score (nSPS) is 28.0. The molecule has 1 heterocycles. The van der Waals surface area contributed by atoms with Gasteiger partial charge in [-0.1, -0.05) is 18.2 Å². The van der Waals surface area contributed by atoms with Crippen molar-refractivity contribution in [2.75, 3.05) is 6.61 Å². The van der Waals surface area contributed by atoms with Crippen LogP contribution in [0.2, 0.25) is 0 Å². The molecule has 2 aromatic rings. The summed E-state index contributed by atoms with van der Waals surface area (Å²) in [4.78, 5) is 18.2. The van der Waals surface area contributed by atoms with Crippen LogP contribution in [0.25, 0.3) is 10.9 Å². The maximum absolute atomic E-state index is 12.7. The number of aromatic amines is 1. The molecule has 4 rings (SSSR count). The Bertz CT molecular complexity index is 766. The maximum Gasteiger partial charge on any atom is 0.410 e. The molecule has 4 nitrogen and oxygen atoms in total. The number of amides is 1. The molecule has 2 aliphatic rings. The monoisotopic (exact) mass is 340 g/mol. The van der Waals surface area contributed by atoms with Gasteiger partial charge in [-0.15, -0.1) is 0 Å². The van der Waals surface area contributed by atoms with E-state index in [1.165, 1.54) is 35.7 Å². The predicted octanol–water partition coefficient (Wildman–Crippen LogP) is 4.92. The molecule has 4 atom stereocenters. The summed E-state index contributed by atoms with van der Waals surface area (Å²) in [6, 6.07) is 8.90. The number of H-pyrrole nitrogens is 1. The molecule has 0 aliphatic heterocycles. The van der Waals surface area contributed by atoms with E-state index in [4.69, 9.17) is 4.74 Å². The Labute approximate surface area is 149 Å². The lowest BCUT2D eigenvalue weighted by atomic mass is 9.78. The van der Waals surface area contributed by atoms with E-state index in [-0.39, 0.29) is 18.2 Å². The molecular weight excluding hydrogens is 312 g/mol. The van der Waals surface area contributed by atoms with Gasteiger partial charge in [0.2, 0.25) is 0 Å². The van der Waals surface area contributed by atoms with E-state index in [0.29, 0.717) is 24.4 Å². The van der Waals surface area contributed by atoms with Crippen molar-refractivity contribution in [1.82, 2.24) is 9.88 Å². The van der Waals surface area contributed by atoms with Crippen LogP contribution in [0.15, 0.2) is 30.5 Å². The summed E-state index contributed by atoms with van der Waals surface area (Å²) in [6.45, 7) is 6.53. The lowest BCUT2D eigenvalue weighted by Gasteiger charge is -2.41. The van der Waals surface area contributed by atoms with Crippen molar-refractivity contribution in [3.05, 3.63) is 36.0 Å². The molecule has 0 radical (unpaired) electrons. The summed E-state index contributed by atoms with van der Waals surface area (Å²) in [5.74, 6) is 1.67. The highest BCUT2D eigenvalue weighted by molar-refractivity contribution is 5.84. The van der Waals surface area contributed by atoms with Crippen molar-refractivity contribution >= 4 is 17.0 Å². The number of nitrogens with one attached hydrogen (secondary N) is 1. The van der Waals surface area contributed by atoms with Crippen LogP contribution in [0.5, 0.6) is 0 Å². The van der Waals surface area contributed by atoms with Crippen molar-refractivity contribution in [2.24, 2.45) is 11.8 Å². The molecule has 1 aromatic heterocycles. The van der Waals surface area contributed by atoms with Gasteiger partial charge in [0.15, 0.2) is 0 Å². The Morgan fingerprint density at radius 2 is 2.04 bits per heavy atom. The largest absolute Gasteiger partial charge is 0.450 e. The molecule has 1 amide bonds. The lowest BCUT2D eigenvalue weighted by Crippen LogP contribution is -2.50. The van der Waals surface area contributed by atoms with E-state index in [2.05, 4.69) is 49.3 Å². The first-order valence-corrected chi connectivity index (χ1v) is 9.63. The highest BCUT2D eigenvalue weighted by Gasteiger charge is 2.52. The molecule has 0 saturated heterocycles. The van der Waals surface area contributed by atoms with Crippen LogP contribution in [0.1, 0.15) is 51.5 Å². The standard InChI is InChI=1S/C21H28N2O2/c1-4-25-21(24)23(13(2)3)20-15-10-9-14(11-15)19(20)17-12-22-18-8-6-5-7-16(17)18/h5-8,12-15,19-20,22H,4,9-11H2,1-3H3/t14-,15+,19-,20+/m1/s1. The highest BCUT2D eigenvalue weighted by Crippen LogP contribution is 2.56. The SMILES string of the molecule is CCOC(=O)N(C(C)C)[C@H]1[C@H]2CC[C@H](C2)[C@@H]1c1c[nH]c2ccccc12. The average molecular weight is 340 g/mol. The molecule has 0 unspecified atom stereocenters. The maximum atomic E-state index is 12.7. The number of para-hydroxylation sites is 1. The van der Waals surface area contributed by atoms with E-state index in [1.54, 1.807) is 0 Å². The van der Waals surface area contributed by atoms with Gasteiger partial charge in [-0.25, -0.2) is 4.79 Å². The number of hydrogen-bond donors (Lipinski definition) is 1. The third-order valence-electron chi connectivity index (χ3n) is 6.21. The second kappa shape index (κ2) is 6.40. The van der Waals surface area contributed by atoms with E-state index in [0.717, 1.165) is 0 Å². The van der Waals surface area contributed by atoms with E-state index >= 15 is 0 Å². The topological polar surface area (TPSA) is 45.3 Å². The Hall–Kier alpha value is -1.97. The summed E-state index contributed by atoms with van der Waals surface area (Å²) in [7, 11) is 0. The number of hydrogen-bond acceptors (Lipinski definition) is 2. The van der Waals surface area contributed by atoms with Crippen LogP contribution in [-0.4, -0.2) is 34.7 Å². The molecular formula is C21H28N2O2. The van der Waals surface area contributed by atoms with Gasteiger partial charge in [0, 0.05) is 35.1 Å². The summed E-state index contributed by atoms with van der Waals surface area (Å²) in [5.41, 5.74) is 2.56. The molecule has 2 aliphatic carbocycles. The van der Waals surface area contributed by atoms with Crippen molar-refractivity contribution in [1.29, 1.82) is 0 Å². The molecule has 4 heteroatoms. The molecule has 0 spiro atoms. The van der Waals surface area contributed by atoms with Crippen molar-refractivity contribution < 1.29 is 9.53 Å². The third-order valence-corrected chi connectivity index (χ3v) is 6.21. The zero-order valence-electron chi connectivity index (χ0n) is 15.4. The first-order chi connectivity index (χ1) is 12.1. The van der Waals surface area contributed by atoms with Gasteiger partial charge < -0.3 is 14.6 Å². The van der Waals surface area contributed by atoms with E-state index in [1.807, 2.05) is 11.8 Å². The van der Waals surface area contributed by atoms with Crippen LogP contribution < -0.4 is 0 Å². The smallest absolute Gasteiger partial charge is 0.410 e. The van der Waals surface area contributed by atoms with Crippen molar-refractivity contribution in [3.8, 4) is 0 Å². The second-order valence-corrected chi connectivity index (χ2v) is 7.84. The van der Waals surface area contributed by atoms with E-state index < -0.39 is 0 Å². The van der Waals surface area contributed by atoms with Gasteiger partial charge in [-0.05, 0) is 63.5 Å². The number of rotatable bonds is 4. The van der Waals surface area contributed by atoms with E-state index in [9.17, 15) is 4.79 Å². The van der Waals surface area contributed by atoms with Gasteiger partial charge in [0.25, 0.3) is 0 Å². The Morgan fingerprint density at radius 3 is 2.80 bits per heavy atom. The summed E-state index contributed by atoms with van der Waals surface area (Å²) >= 11 is 0. The van der Waals surface area contributed by atoms with Gasteiger partial charge in [0.05, 0.1) is 6.61 Å². The zero-order valence-corrected chi connectivity index (χ0v) is 15.4. The highest BCUT2D eigenvalue weighted by atomic mass is 16.6. The fourth-order valence-corrected chi connectivity index (χ4v) is 5.34. The predicted molar refractivity (Wildman–Crippen MR) is 99.7 cm³/mol. The molecule has 134 valence electrons. The quantitative estimate of drug-likeness (QED) is 0.859.